The predicted molar refractivity (Wildman–Crippen MR) is 112 cm³/mol. The van der Waals surface area contributed by atoms with E-state index in [-0.39, 0.29) is 30.7 Å². The minimum Gasteiger partial charge on any atom is -0.381 e. The highest BCUT2D eigenvalue weighted by Gasteiger charge is 2.40. The standard InChI is InChI=1S/C18H26BrN3O2.2ClH/c1-14(15-2-4-16(19)5-3-15)21-8-10-22(11-9-21)17(23)18(20)6-12-24-13-7-18;;/h2-5,14H,6-13,20H2,1H3;2*1H. The second-order valence-corrected chi connectivity index (χ2v) is 7.74. The molecule has 2 aliphatic heterocycles. The molecule has 1 unspecified atom stereocenters. The summed E-state index contributed by atoms with van der Waals surface area (Å²) in [6.07, 6.45) is 1.25. The van der Waals surface area contributed by atoms with Crippen LogP contribution in [0.4, 0.5) is 0 Å². The van der Waals surface area contributed by atoms with Crippen LogP contribution in [0.1, 0.15) is 31.4 Å². The third kappa shape index (κ3) is 5.33. The first-order valence-corrected chi connectivity index (χ1v) is 9.44. The topological polar surface area (TPSA) is 58.8 Å². The van der Waals surface area contributed by atoms with Gasteiger partial charge in [0.15, 0.2) is 0 Å². The number of carbonyl (C=O) groups is 1. The molecule has 0 spiro atoms. The van der Waals surface area contributed by atoms with E-state index >= 15 is 0 Å². The minimum absolute atomic E-state index is 0. The third-order valence-electron chi connectivity index (χ3n) is 5.31. The number of halogens is 3. The van der Waals surface area contributed by atoms with Gasteiger partial charge in [0, 0.05) is 49.9 Å². The number of hydrogen-bond acceptors (Lipinski definition) is 4. The molecule has 5 nitrogen and oxygen atoms in total. The Morgan fingerprint density at radius 1 is 1.12 bits per heavy atom. The zero-order valence-corrected chi connectivity index (χ0v) is 18.2. The second-order valence-electron chi connectivity index (χ2n) is 6.82. The van der Waals surface area contributed by atoms with Gasteiger partial charge in [-0.05, 0) is 37.5 Å². The van der Waals surface area contributed by atoms with E-state index in [1.54, 1.807) is 0 Å². The van der Waals surface area contributed by atoms with Crippen molar-refractivity contribution < 1.29 is 9.53 Å². The quantitative estimate of drug-likeness (QED) is 0.740. The van der Waals surface area contributed by atoms with Crippen molar-refractivity contribution in [3.8, 4) is 0 Å². The molecule has 1 aromatic rings. The van der Waals surface area contributed by atoms with Crippen LogP contribution in [0.15, 0.2) is 28.7 Å². The Balaban J connectivity index is 0.00000169. The number of nitrogens with zero attached hydrogens (tertiary/aromatic N) is 2. The van der Waals surface area contributed by atoms with Gasteiger partial charge >= 0.3 is 0 Å². The van der Waals surface area contributed by atoms with Gasteiger partial charge in [-0.2, -0.15) is 0 Å². The van der Waals surface area contributed by atoms with E-state index in [0.29, 0.717) is 32.1 Å². The molecule has 26 heavy (non-hydrogen) atoms. The number of rotatable bonds is 3. The number of carbonyl (C=O) groups excluding carboxylic acids is 1. The van der Waals surface area contributed by atoms with Crippen LogP contribution in [0.3, 0.4) is 0 Å². The number of hydrogen-bond donors (Lipinski definition) is 1. The molecule has 8 heteroatoms. The highest BCUT2D eigenvalue weighted by molar-refractivity contribution is 9.10. The zero-order chi connectivity index (χ0) is 17.2. The molecule has 2 N–H and O–H groups in total. The monoisotopic (exact) mass is 467 g/mol. The summed E-state index contributed by atoms with van der Waals surface area (Å²) in [5, 5.41) is 0. The van der Waals surface area contributed by atoms with E-state index in [1.165, 1.54) is 5.56 Å². The summed E-state index contributed by atoms with van der Waals surface area (Å²) in [7, 11) is 0. The lowest BCUT2D eigenvalue weighted by molar-refractivity contribution is -0.142. The van der Waals surface area contributed by atoms with Gasteiger partial charge in [-0.25, -0.2) is 0 Å². The summed E-state index contributed by atoms with van der Waals surface area (Å²) in [5.74, 6) is 0.0988. The van der Waals surface area contributed by atoms with Crippen molar-refractivity contribution in [1.82, 2.24) is 9.80 Å². The molecule has 0 aliphatic carbocycles. The van der Waals surface area contributed by atoms with Crippen molar-refractivity contribution in [2.75, 3.05) is 39.4 Å². The summed E-state index contributed by atoms with van der Waals surface area (Å²) >= 11 is 3.48. The molecule has 0 radical (unpaired) electrons. The van der Waals surface area contributed by atoms with Crippen molar-refractivity contribution in [3.05, 3.63) is 34.3 Å². The molecule has 3 rings (SSSR count). The summed E-state index contributed by atoms with van der Waals surface area (Å²) in [6, 6.07) is 8.82. The average Bonchev–Trinajstić information content (AvgIpc) is 2.62. The van der Waals surface area contributed by atoms with Gasteiger partial charge in [-0.15, -0.1) is 24.8 Å². The summed E-state index contributed by atoms with van der Waals surface area (Å²) in [6.45, 7) is 6.67. The molecular weight excluding hydrogens is 441 g/mol. The molecule has 2 heterocycles. The molecule has 1 atom stereocenters. The highest BCUT2D eigenvalue weighted by atomic mass is 79.9. The fourth-order valence-corrected chi connectivity index (χ4v) is 3.79. The van der Waals surface area contributed by atoms with Crippen molar-refractivity contribution >= 4 is 46.7 Å². The highest BCUT2D eigenvalue weighted by Crippen LogP contribution is 2.25. The van der Waals surface area contributed by atoms with Gasteiger partial charge in [-0.1, -0.05) is 28.1 Å². The van der Waals surface area contributed by atoms with E-state index in [9.17, 15) is 4.79 Å². The minimum atomic E-state index is -0.724. The van der Waals surface area contributed by atoms with E-state index in [0.717, 1.165) is 30.7 Å². The lowest BCUT2D eigenvalue weighted by atomic mass is 9.89. The number of nitrogens with two attached hydrogens (primary N) is 1. The Morgan fingerprint density at radius 3 is 2.19 bits per heavy atom. The van der Waals surface area contributed by atoms with Gasteiger partial charge in [0.25, 0.3) is 0 Å². The predicted octanol–water partition coefficient (Wildman–Crippen LogP) is 3.01. The van der Waals surface area contributed by atoms with E-state index in [1.807, 2.05) is 4.90 Å². The lowest BCUT2D eigenvalue weighted by Crippen LogP contribution is -2.61. The Kier molecular flexibility index (Phi) is 9.33. The fraction of sp³-hybridized carbons (Fsp3) is 0.611. The third-order valence-corrected chi connectivity index (χ3v) is 5.84. The molecule has 2 saturated heterocycles. The van der Waals surface area contributed by atoms with Crippen molar-refractivity contribution in [3.63, 3.8) is 0 Å². The maximum absolute atomic E-state index is 12.8. The molecule has 2 fully saturated rings. The summed E-state index contributed by atoms with van der Waals surface area (Å²) < 4.78 is 6.44. The Morgan fingerprint density at radius 2 is 1.65 bits per heavy atom. The number of ether oxygens (including phenoxy) is 1. The van der Waals surface area contributed by atoms with Crippen LogP contribution >= 0.6 is 40.7 Å². The molecule has 148 valence electrons. The summed E-state index contributed by atoms with van der Waals surface area (Å²) in [4.78, 5) is 17.2. The Hall–Kier alpha value is -0.370. The van der Waals surface area contributed by atoms with Crippen LogP contribution in [0.25, 0.3) is 0 Å². The molecule has 1 aromatic carbocycles. The zero-order valence-electron chi connectivity index (χ0n) is 15.0. The molecule has 0 saturated carbocycles. The SMILES string of the molecule is CC(c1ccc(Br)cc1)N1CCN(C(=O)C2(N)CCOCC2)CC1.Cl.Cl. The van der Waals surface area contributed by atoms with E-state index in [4.69, 9.17) is 10.5 Å². The second kappa shape index (κ2) is 10.2. The normalized spacial score (nSPS) is 21.3. The van der Waals surface area contributed by atoms with Crippen LogP contribution in [-0.4, -0.2) is 60.6 Å². The fourth-order valence-electron chi connectivity index (χ4n) is 3.53. The van der Waals surface area contributed by atoms with Crippen molar-refractivity contribution in [2.24, 2.45) is 5.73 Å². The molecule has 1 amide bonds. The molecule has 0 aromatic heterocycles. The maximum Gasteiger partial charge on any atom is 0.242 e. The van der Waals surface area contributed by atoms with Crippen LogP contribution in [-0.2, 0) is 9.53 Å². The van der Waals surface area contributed by atoms with Gasteiger partial charge < -0.3 is 15.4 Å². The Bertz CT molecular complexity index is 574. The number of benzene rings is 1. The van der Waals surface area contributed by atoms with Crippen LogP contribution < -0.4 is 5.73 Å². The first-order chi connectivity index (χ1) is 11.5. The van der Waals surface area contributed by atoms with E-state index < -0.39 is 5.54 Å². The van der Waals surface area contributed by atoms with Crippen LogP contribution in [0, 0.1) is 0 Å². The average molecular weight is 469 g/mol. The van der Waals surface area contributed by atoms with Crippen molar-refractivity contribution in [1.29, 1.82) is 0 Å². The van der Waals surface area contributed by atoms with Gasteiger partial charge in [0.1, 0.15) is 0 Å². The van der Waals surface area contributed by atoms with Gasteiger partial charge in [0.05, 0.1) is 5.54 Å². The first kappa shape index (κ1) is 23.7. The molecule has 2 aliphatic rings. The van der Waals surface area contributed by atoms with E-state index in [2.05, 4.69) is 52.0 Å². The van der Waals surface area contributed by atoms with Crippen molar-refractivity contribution in [2.45, 2.75) is 31.3 Å². The molecule has 0 bridgehead atoms. The number of amides is 1. The summed E-state index contributed by atoms with van der Waals surface area (Å²) in [5.41, 5.74) is 6.92. The first-order valence-electron chi connectivity index (χ1n) is 8.65. The molecular formula is C18H28BrCl2N3O2. The maximum atomic E-state index is 12.8. The largest absolute Gasteiger partial charge is 0.381 e. The van der Waals surface area contributed by atoms with Gasteiger partial charge in [-0.3, -0.25) is 9.69 Å². The smallest absolute Gasteiger partial charge is 0.242 e. The Labute approximate surface area is 176 Å². The van der Waals surface area contributed by atoms with Crippen LogP contribution in [0.2, 0.25) is 0 Å². The number of piperazine rings is 1. The van der Waals surface area contributed by atoms with Crippen LogP contribution in [0.5, 0.6) is 0 Å². The lowest BCUT2D eigenvalue weighted by Gasteiger charge is -2.42. The van der Waals surface area contributed by atoms with Gasteiger partial charge in [0.2, 0.25) is 5.91 Å².